The molecule has 3 nitrogen and oxygen atoms in total. The summed E-state index contributed by atoms with van der Waals surface area (Å²) in [7, 11) is 0. The summed E-state index contributed by atoms with van der Waals surface area (Å²) in [6.45, 7) is 7.26. The lowest BCUT2D eigenvalue weighted by Gasteiger charge is -2.30. The number of aryl methyl sites for hydroxylation is 1. The highest BCUT2D eigenvalue weighted by Gasteiger charge is 2.25. The van der Waals surface area contributed by atoms with Crippen LogP contribution in [0.15, 0.2) is 18.3 Å². The van der Waals surface area contributed by atoms with Gasteiger partial charge in [-0.05, 0) is 31.4 Å². The van der Waals surface area contributed by atoms with Crippen molar-refractivity contribution in [1.29, 1.82) is 0 Å². The van der Waals surface area contributed by atoms with E-state index in [9.17, 15) is 5.11 Å². The monoisotopic (exact) mass is 222 g/mol. The number of aliphatic hydroxyl groups is 1. The molecule has 1 rings (SSSR count). The number of aliphatic hydroxyl groups excluding tert-OH is 1. The first-order valence-corrected chi connectivity index (χ1v) is 5.94. The van der Waals surface area contributed by atoms with Crippen molar-refractivity contribution < 1.29 is 5.11 Å². The van der Waals surface area contributed by atoms with Crippen LogP contribution in [0.1, 0.15) is 32.3 Å². The van der Waals surface area contributed by atoms with Crippen LogP contribution in [0, 0.1) is 12.3 Å². The number of anilines is 1. The zero-order valence-electron chi connectivity index (χ0n) is 10.5. The fraction of sp³-hybridized carbons (Fsp3) is 0.615. The molecule has 0 spiro atoms. The highest BCUT2D eigenvalue weighted by molar-refractivity contribution is 5.42. The van der Waals surface area contributed by atoms with Crippen LogP contribution in [0.3, 0.4) is 0 Å². The van der Waals surface area contributed by atoms with E-state index in [1.54, 1.807) is 6.20 Å². The number of aromatic nitrogens is 1. The van der Waals surface area contributed by atoms with Crippen molar-refractivity contribution >= 4 is 5.82 Å². The van der Waals surface area contributed by atoms with E-state index in [-0.39, 0.29) is 12.0 Å². The zero-order valence-corrected chi connectivity index (χ0v) is 10.5. The summed E-state index contributed by atoms with van der Waals surface area (Å²) in [5.41, 5.74) is 1.12. The third-order valence-corrected chi connectivity index (χ3v) is 3.48. The molecule has 0 bridgehead atoms. The van der Waals surface area contributed by atoms with Crippen molar-refractivity contribution in [2.75, 3.05) is 18.5 Å². The van der Waals surface area contributed by atoms with E-state index in [0.29, 0.717) is 0 Å². The summed E-state index contributed by atoms with van der Waals surface area (Å²) in [5.74, 6) is 0.919. The molecule has 0 fully saturated rings. The van der Waals surface area contributed by atoms with Crippen LogP contribution in [0.25, 0.3) is 0 Å². The molecular formula is C13H22N2O. The van der Waals surface area contributed by atoms with Crippen LogP contribution in [0.5, 0.6) is 0 Å². The Bertz CT molecular complexity index is 313. The van der Waals surface area contributed by atoms with E-state index in [2.05, 4.69) is 24.1 Å². The fourth-order valence-corrected chi connectivity index (χ4v) is 1.72. The third-order valence-electron chi connectivity index (χ3n) is 3.48. The van der Waals surface area contributed by atoms with Gasteiger partial charge in [0.2, 0.25) is 0 Å². The Morgan fingerprint density at radius 3 is 2.56 bits per heavy atom. The summed E-state index contributed by atoms with van der Waals surface area (Å²) < 4.78 is 0. The van der Waals surface area contributed by atoms with Gasteiger partial charge in [-0.1, -0.05) is 19.9 Å². The maximum absolute atomic E-state index is 9.46. The normalized spacial score (nSPS) is 11.5. The van der Waals surface area contributed by atoms with Crippen molar-refractivity contribution in [2.45, 2.75) is 33.6 Å². The Hall–Kier alpha value is -1.09. The lowest BCUT2D eigenvalue weighted by molar-refractivity contribution is 0.127. The number of hydrogen-bond donors (Lipinski definition) is 2. The quantitative estimate of drug-likeness (QED) is 0.777. The zero-order chi connectivity index (χ0) is 12.0. The summed E-state index contributed by atoms with van der Waals surface area (Å²) >= 11 is 0. The van der Waals surface area contributed by atoms with E-state index < -0.39 is 0 Å². The maximum Gasteiger partial charge on any atom is 0.128 e. The van der Waals surface area contributed by atoms with E-state index in [0.717, 1.165) is 30.8 Å². The van der Waals surface area contributed by atoms with Crippen LogP contribution < -0.4 is 5.32 Å². The van der Waals surface area contributed by atoms with Gasteiger partial charge in [0.25, 0.3) is 0 Å². The van der Waals surface area contributed by atoms with E-state index >= 15 is 0 Å². The van der Waals surface area contributed by atoms with E-state index in [1.807, 2.05) is 19.1 Å². The second kappa shape index (κ2) is 5.85. The molecule has 0 aliphatic rings. The first-order chi connectivity index (χ1) is 7.67. The molecule has 1 aromatic rings. The van der Waals surface area contributed by atoms with Crippen molar-refractivity contribution in [3.05, 3.63) is 23.9 Å². The Balaban J connectivity index is 2.66. The standard InChI is InChI=1S/C13H22N2O/c1-4-13(5-2,10-16)9-15-12-11(3)7-6-8-14-12/h6-8,16H,4-5,9-10H2,1-3H3,(H,14,15). The maximum atomic E-state index is 9.46. The van der Waals surface area contributed by atoms with Gasteiger partial charge in [-0.25, -0.2) is 4.98 Å². The first-order valence-electron chi connectivity index (χ1n) is 5.94. The predicted octanol–water partition coefficient (Wildman–Crippen LogP) is 2.60. The second-order valence-corrected chi connectivity index (χ2v) is 4.39. The smallest absolute Gasteiger partial charge is 0.128 e. The van der Waals surface area contributed by atoms with Gasteiger partial charge in [0.05, 0.1) is 6.61 Å². The largest absolute Gasteiger partial charge is 0.396 e. The topological polar surface area (TPSA) is 45.1 Å². The minimum absolute atomic E-state index is 0.0238. The molecule has 16 heavy (non-hydrogen) atoms. The van der Waals surface area contributed by atoms with Crippen LogP contribution in [-0.2, 0) is 0 Å². The minimum Gasteiger partial charge on any atom is -0.396 e. The lowest BCUT2D eigenvalue weighted by Crippen LogP contribution is -2.32. The highest BCUT2D eigenvalue weighted by atomic mass is 16.3. The highest BCUT2D eigenvalue weighted by Crippen LogP contribution is 2.26. The van der Waals surface area contributed by atoms with E-state index in [1.165, 1.54) is 0 Å². The number of nitrogens with one attached hydrogen (secondary N) is 1. The Kier molecular flexibility index (Phi) is 4.74. The molecule has 1 aromatic heterocycles. The predicted molar refractivity (Wildman–Crippen MR) is 67.6 cm³/mol. The molecule has 0 radical (unpaired) electrons. The number of hydrogen-bond acceptors (Lipinski definition) is 3. The van der Waals surface area contributed by atoms with Gasteiger partial charge < -0.3 is 10.4 Å². The number of nitrogens with zero attached hydrogens (tertiary/aromatic N) is 1. The molecule has 0 unspecified atom stereocenters. The van der Waals surface area contributed by atoms with Gasteiger partial charge >= 0.3 is 0 Å². The Labute approximate surface area is 97.9 Å². The number of rotatable bonds is 6. The molecule has 0 amide bonds. The van der Waals surface area contributed by atoms with Gasteiger partial charge in [0.1, 0.15) is 5.82 Å². The molecule has 0 aliphatic heterocycles. The van der Waals surface area contributed by atoms with Gasteiger partial charge in [0.15, 0.2) is 0 Å². The molecule has 0 aliphatic carbocycles. The first kappa shape index (κ1) is 13.0. The molecule has 2 N–H and O–H groups in total. The van der Waals surface area contributed by atoms with Crippen molar-refractivity contribution in [1.82, 2.24) is 4.98 Å². The lowest BCUT2D eigenvalue weighted by atomic mass is 9.83. The molecule has 0 aromatic carbocycles. The van der Waals surface area contributed by atoms with Gasteiger partial charge in [-0.2, -0.15) is 0 Å². The fourth-order valence-electron chi connectivity index (χ4n) is 1.72. The van der Waals surface area contributed by atoms with Crippen molar-refractivity contribution in [2.24, 2.45) is 5.41 Å². The summed E-state index contributed by atoms with van der Waals surface area (Å²) in [5, 5.41) is 12.8. The summed E-state index contributed by atoms with van der Waals surface area (Å²) in [6, 6.07) is 3.97. The molecule has 0 atom stereocenters. The van der Waals surface area contributed by atoms with Crippen molar-refractivity contribution in [3.8, 4) is 0 Å². The van der Waals surface area contributed by atoms with Gasteiger partial charge in [-0.3, -0.25) is 0 Å². The van der Waals surface area contributed by atoms with E-state index in [4.69, 9.17) is 0 Å². The van der Waals surface area contributed by atoms with Gasteiger partial charge in [0, 0.05) is 18.2 Å². The Morgan fingerprint density at radius 1 is 1.38 bits per heavy atom. The molecule has 0 saturated carbocycles. The third kappa shape index (κ3) is 2.95. The van der Waals surface area contributed by atoms with Crippen LogP contribution in [0.2, 0.25) is 0 Å². The molecule has 0 saturated heterocycles. The minimum atomic E-state index is -0.0238. The van der Waals surface area contributed by atoms with Gasteiger partial charge in [-0.15, -0.1) is 0 Å². The number of pyridine rings is 1. The molecular weight excluding hydrogens is 200 g/mol. The SMILES string of the molecule is CCC(CC)(CO)CNc1ncccc1C. The molecule has 3 heteroatoms. The average molecular weight is 222 g/mol. The van der Waals surface area contributed by atoms with Crippen LogP contribution in [-0.4, -0.2) is 23.2 Å². The average Bonchev–Trinajstić information content (AvgIpc) is 2.34. The Morgan fingerprint density at radius 2 is 2.06 bits per heavy atom. The van der Waals surface area contributed by atoms with Crippen LogP contribution >= 0.6 is 0 Å². The summed E-state index contributed by atoms with van der Waals surface area (Å²) in [4.78, 5) is 4.29. The summed E-state index contributed by atoms with van der Waals surface area (Å²) in [6.07, 6.45) is 3.73. The van der Waals surface area contributed by atoms with Crippen molar-refractivity contribution in [3.63, 3.8) is 0 Å². The van der Waals surface area contributed by atoms with Crippen LogP contribution in [0.4, 0.5) is 5.82 Å². The molecule has 90 valence electrons. The molecule has 1 heterocycles. The second-order valence-electron chi connectivity index (χ2n) is 4.39.